The summed E-state index contributed by atoms with van der Waals surface area (Å²) in [6.45, 7) is 3.57. The van der Waals surface area contributed by atoms with Gasteiger partial charge in [0, 0.05) is 6.16 Å². The summed E-state index contributed by atoms with van der Waals surface area (Å²) >= 11 is 5.89. The SMILES string of the molecule is CCOP(=O)(CC)c1cc(Oc2ccc(C(F)(F)F)cc2Cl)ccc1C#N. The van der Waals surface area contributed by atoms with Crippen LogP contribution in [0.15, 0.2) is 36.4 Å². The lowest BCUT2D eigenvalue weighted by Gasteiger charge is -2.18. The number of hydrogen-bond acceptors (Lipinski definition) is 4. The van der Waals surface area contributed by atoms with E-state index in [1.165, 1.54) is 18.2 Å². The predicted octanol–water partition coefficient (Wildman–Crippen LogP) is 5.98. The third-order valence-electron chi connectivity index (χ3n) is 3.70. The van der Waals surface area contributed by atoms with Gasteiger partial charge in [0.1, 0.15) is 11.5 Å². The smallest absolute Gasteiger partial charge is 0.416 e. The normalized spacial score (nSPS) is 13.7. The van der Waals surface area contributed by atoms with Crippen LogP contribution in [-0.4, -0.2) is 12.8 Å². The predicted molar refractivity (Wildman–Crippen MR) is 97.1 cm³/mol. The van der Waals surface area contributed by atoms with Crippen molar-refractivity contribution >= 4 is 24.3 Å². The molecule has 0 spiro atoms. The Balaban J connectivity index is 2.43. The van der Waals surface area contributed by atoms with Crippen LogP contribution in [0.2, 0.25) is 5.02 Å². The molecule has 27 heavy (non-hydrogen) atoms. The second-order valence-electron chi connectivity index (χ2n) is 5.44. The van der Waals surface area contributed by atoms with Crippen LogP contribution in [0.25, 0.3) is 0 Å². The molecule has 144 valence electrons. The maximum atomic E-state index is 13.0. The lowest BCUT2D eigenvalue weighted by atomic mass is 10.2. The van der Waals surface area contributed by atoms with Gasteiger partial charge in [0.15, 0.2) is 0 Å². The molecule has 2 aromatic carbocycles. The van der Waals surface area contributed by atoms with Gasteiger partial charge in [-0.3, -0.25) is 4.57 Å². The van der Waals surface area contributed by atoms with Crippen LogP contribution in [0, 0.1) is 11.3 Å². The molecule has 0 saturated carbocycles. The highest BCUT2D eigenvalue weighted by atomic mass is 35.5. The molecule has 0 aliphatic carbocycles. The highest BCUT2D eigenvalue weighted by molar-refractivity contribution is 7.67. The van der Waals surface area contributed by atoms with Crippen molar-refractivity contribution in [2.75, 3.05) is 12.8 Å². The van der Waals surface area contributed by atoms with E-state index < -0.39 is 19.1 Å². The zero-order valence-corrected chi connectivity index (χ0v) is 16.2. The number of halogens is 4. The Bertz CT molecular complexity index is 925. The monoisotopic (exact) mass is 417 g/mol. The Labute approximate surface area is 159 Å². The molecule has 2 aromatic rings. The minimum absolute atomic E-state index is 0.00284. The molecule has 0 aliphatic rings. The lowest BCUT2D eigenvalue weighted by molar-refractivity contribution is -0.137. The van der Waals surface area contributed by atoms with E-state index in [-0.39, 0.29) is 40.2 Å². The first-order valence-corrected chi connectivity index (χ1v) is 10.2. The van der Waals surface area contributed by atoms with Crippen molar-refractivity contribution in [3.8, 4) is 17.6 Å². The summed E-state index contributed by atoms with van der Waals surface area (Å²) in [5.41, 5.74) is -0.716. The Morgan fingerprint density at radius 3 is 2.41 bits per heavy atom. The van der Waals surface area contributed by atoms with Gasteiger partial charge in [0.2, 0.25) is 7.37 Å². The van der Waals surface area contributed by atoms with E-state index in [1.54, 1.807) is 13.8 Å². The average Bonchev–Trinajstić information content (AvgIpc) is 2.62. The molecular formula is C18H16ClF3NO3P. The van der Waals surface area contributed by atoms with Crippen molar-refractivity contribution in [3.05, 3.63) is 52.5 Å². The zero-order valence-electron chi connectivity index (χ0n) is 14.5. The van der Waals surface area contributed by atoms with Gasteiger partial charge in [-0.2, -0.15) is 18.4 Å². The van der Waals surface area contributed by atoms with Crippen molar-refractivity contribution < 1.29 is 27.0 Å². The molecule has 1 unspecified atom stereocenters. The van der Waals surface area contributed by atoms with Gasteiger partial charge in [-0.1, -0.05) is 18.5 Å². The Morgan fingerprint density at radius 1 is 1.19 bits per heavy atom. The lowest BCUT2D eigenvalue weighted by Crippen LogP contribution is -2.14. The number of hydrogen-bond donors (Lipinski definition) is 0. The van der Waals surface area contributed by atoms with Gasteiger partial charge in [0.05, 0.1) is 34.1 Å². The van der Waals surface area contributed by atoms with E-state index in [0.29, 0.717) is 0 Å². The number of nitrogens with zero attached hydrogens (tertiary/aromatic N) is 1. The fourth-order valence-electron chi connectivity index (χ4n) is 2.38. The van der Waals surface area contributed by atoms with Crippen molar-refractivity contribution in [2.24, 2.45) is 0 Å². The molecule has 0 saturated heterocycles. The summed E-state index contributed by atoms with van der Waals surface area (Å²) < 4.78 is 62.1. The van der Waals surface area contributed by atoms with Crippen LogP contribution in [-0.2, 0) is 15.3 Å². The van der Waals surface area contributed by atoms with Crippen LogP contribution in [0.4, 0.5) is 13.2 Å². The van der Waals surface area contributed by atoms with Crippen molar-refractivity contribution in [1.29, 1.82) is 5.26 Å². The Hall–Kier alpha value is -2.00. The third kappa shape index (κ3) is 4.84. The molecule has 2 rings (SSSR count). The maximum absolute atomic E-state index is 13.0. The van der Waals surface area contributed by atoms with Crippen LogP contribution < -0.4 is 10.0 Å². The standard InChI is InChI=1S/C18H16ClF3NO3P/c1-3-25-27(24,4-2)17-10-14(7-5-12(17)11-23)26-16-8-6-13(9-15(16)19)18(20,21)22/h5-10H,3-4H2,1-2H3. The molecule has 0 aromatic heterocycles. The van der Waals surface area contributed by atoms with E-state index in [2.05, 4.69) is 0 Å². The number of rotatable bonds is 6. The number of alkyl halides is 3. The minimum atomic E-state index is -4.52. The number of ether oxygens (including phenoxy) is 1. The van der Waals surface area contributed by atoms with Crippen molar-refractivity contribution in [2.45, 2.75) is 20.0 Å². The topological polar surface area (TPSA) is 59.3 Å². The zero-order chi connectivity index (χ0) is 20.2. The number of nitriles is 1. The molecule has 0 amide bonds. The second kappa shape index (κ2) is 8.35. The van der Waals surface area contributed by atoms with Crippen LogP contribution in [0.3, 0.4) is 0 Å². The van der Waals surface area contributed by atoms with Crippen LogP contribution in [0.5, 0.6) is 11.5 Å². The highest BCUT2D eigenvalue weighted by Gasteiger charge is 2.31. The Kier molecular flexibility index (Phi) is 6.59. The fourth-order valence-corrected chi connectivity index (χ4v) is 4.49. The molecule has 4 nitrogen and oxygen atoms in total. The van der Waals surface area contributed by atoms with E-state index in [4.69, 9.17) is 20.9 Å². The van der Waals surface area contributed by atoms with Gasteiger partial charge in [0.25, 0.3) is 0 Å². The molecule has 0 aliphatic heterocycles. The van der Waals surface area contributed by atoms with Crippen molar-refractivity contribution in [3.63, 3.8) is 0 Å². The van der Waals surface area contributed by atoms with Gasteiger partial charge in [-0.25, -0.2) is 0 Å². The van der Waals surface area contributed by atoms with E-state index in [1.807, 2.05) is 6.07 Å². The van der Waals surface area contributed by atoms with E-state index in [9.17, 15) is 23.0 Å². The summed E-state index contributed by atoms with van der Waals surface area (Å²) in [5, 5.41) is 9.26. The Morgan fingerprint density at radius 2 is 1.89 bits per heavy atom. The third-order valence-corrected chi connectivity index (χ3v) is 6.61. The molecule has 9 heteroatoms. The molecule has 1 atom stereocenters. The van der Waals surface area contributed by atoms with Gasteiger partial charge < -0.3 is 9.26 Å². The molecule has 0 bridgehead atoms. The summed E-state index contributed by atoms with van der Waals surface area (Å²) in [6.07, 6.45) is -4.34. The van der Waals surface area contributed by atoms with Crippen molar-refractivity contribution in [1.82, 2.24) is 0 Å². The van der Waals surface area contributed by atoms with Gasteiger partial charge in [-0.05, 0) is 43.3 Å². The summed E-state index contributed by atoms with van der Waals surface area (Å²) in [5.74, 6) is 0.183. The first-order chi connectivity index (χ1) is 12.6. The molecule has 0 fully saturated rings. The largest absolute Gasteiger partial charge is 0.456 e. The summed E-state index contributed by atoms with van der Waals surface area (Å²) in [7, 11) is -3.26. The molecular weight excluding hydrogens is 402 g/mol. The number of benzene rings is 2. The first-order valence-electron chi connectivity index (χ1n) is 7.97. The molecule has 0 radical (unpaired) electrons. The second-order valence-corrected chi connectivity index (χ2v) is 8.57. The first kappa shape index (κ1) is 21.3. The van der Waals surface area contributed by atoms with Gasteiger partial charge >= 0.3 is 6.18 Å². The summed E-state index contributed by atoms with van der Waals surface area (Å²) in [4.78, 5) is 0. The van der Waals surface area contributed by atoms with E-state index in [0.717, 1.165) is 18.2 Å². The maximum Gasteiger partial charge on any atom is 0.416 e. The van der Waals surface area contributed by atoms with Gasteiger partial charge in [-0.15, -0.1) is 0 Å². The quantitative estimate of drug-likeness (QED) is 0.542. The minimum Gasteiger partial charge on any atom is -0.456 e. The molecule has 0 N–H and O–H groups in total. The van der Waals surface area contributed by atoms with Crippen LogP contribution in [0.1, 0.15) is 25.0 Å². The molecule has 0 heterocycles. The average molecular weight is 418 g/mol. The highest BCUT2D eigenvalue weighted by Crippen LogP contribution is 2.47. The van der Waals surface area contributed by atoms with Crippen LogP contribution >= 0.6 is 19.0 Å². The summed E-state index contributed by atoms with van der Waals surface area (Å²) in [6, 6.07) is 8.94. The fraction of sp³-hybridized carbons (Fsp3) is 0.278. The van der Waals surface area contributed by atoms with E-state index >= 15 is 0 Å².